The molecule has 0 saturated carbocycles. The molecule has 5 aromatic rings. The normalized spacial score (nSPS) is 10.8. The van der Waals surface area contributed by atoms with Crippen LogP contribution in [-0.4, -0.2) is 29.8 Å². The van der Waals surface area contributed by atoms with Gasteiger partial charge in [-0.15, -0.1) is 5.10 Å². The van der Waals surface area contributed by atoms with Gasteiger partial charge in [0.2, 0.25) is 0 Å². The Hall–Kier alpha value is -4.29. The van der Waals surface area contributed by atoms with Crippen molar-refractivity contribution in [3.8, 4) is 17.4 Å². The van der Waals surface area contributed by atoms with Crippen LogP contribution < -0.4 is 5.56 Å². The largest absolute Gasteiger partial charge is 0.268 e. The van der Waals surface area contributed by atoms with Gasteiger partial charge in [-0.1, -0.05) is 42.1 Å². The van der Waals surface area contributed by atoms with Crippen LogP contribution in [0.15, 0.2) is 88.8 Å². The van der Waals surface area contributed by atoms with Crippen LogP contribution in [0.4, 0.5) is 0 Å². The molecule has 3 aromatic carbocycles. The molecule has 0 radical (unpaired) electrons. The highest BCUT2D eigenvalue weighted by molar-refractivity contribution is 7.98. The molecule has 0 fully saturated rings. The van der Waals surface area contributed by atoms with Gasteiger partial charge >= 0.3 is 0 Å². The number of hydrogen-bond acceptors (Lipinski definition) is 7. The number of fused-ring (bicyclic) bond motifs is 1. The van der Waals surface area contributed by atoms with Gasteiger partial charge in [-0.3, -0.25) is 9.36 Å². The van der Waals surface area contributed by atoms with Gasteiger partial charge in [-0.25, -0.2) is 4.98 Å². The summed E-state index contributed by atoms with van der Waals surface area (Å²) in [5.74, 6) is 1.04. The Morgan fingerprint density at radius 3 is 2.44 bits per heavy atom. The van der Waals surface area contributed by atoms with Crippen molar-refractivity contribution in [3.05, 3.63) is 101 Å². The maximum atomic E-state index is 13.4. The molecule has 2 aromatic heterocycles. The van der Waals surface area contributed by atoms with E-state index >= 15 is 0 Å². The number of nitriles is 1. The zero-order valence-corrected chi connectivity index (χ0v) is 17.5. The second-order valence-corrected chi connectivity index (χ2v) is 7.78. The van der Waals surface area contributed by atoms with Crippen molar-refractivity contribution in [2.45, 2.75) is 10.9 Å². The molecule has 0 amide bonds. The van der Waals surface area contributed by atoms with E-state index < -0.39 is 0 Å². The second-order valence-electron chi connectivity index (χ2n) is 6.84. The summed E-state index contributed by atoms with van der Waals surface area (Å²) < 4.78 is 3.23. The lowest BCUT2D eigenvalue weighted by Crippen LogP contribution is -2.21. The molecule has 2 heterocycles. The third-order valence-corrected chi connectivity index (χ3v) is 5.80. The van der Waals surface area contributed by atoms with Gasteiger partial charge in [0.25, 0.3) is 5.56 Å². The lowest BCUT2D eigenvalue weighted by atomic mass is 10.2. The first-order valence-corrected chi connectivity index (χ1v) is 10.7. The molecule has 0 aliphatic heterocycles. The van der Waals surface area contributed by atoms with Gasteiger partial charge in [-0.05, 0) is 59.0 Å². The molecule has 0 unspecified atom stereocenters. The number of para-hydroxylation sites is 2. The zero-order chi connectivity index (χ0) is 21.9. The van der Waals surface area contributed by atoms with Crippen molar-refractivity contribution in [3.63, 3.8) is 0 Å². The van der Waals surface area contributed by atoms with E-state index in [2.05, 4.69) is 21.6 Å². The molecular formula is C23H15N7OS. The summed E-state index contributed by atoms with van der Waals surface area (Å²) in [6.07, 6.45) is 0. The number of tetrazole rings is 1. The highest BCUT2D eigenvalue weighted by atomic mass is 32.2. The summed E-state index contributed by atoms with van der Waals surface area (Å²) in [7, 11) is 0. The summed E-state index contributed by atoms with van der Waals surface area (Å²) in [6.45, 7) is 0. The number of hydrogen-bond donors (Lipinski definition) is 0. The first kappa shape index (κ1) is 19.7. The fraction of sp³-hybridized carbons (Fsp3) is 0.0435. The Morgan fingerprint density at radius 1 is 0.906 bits per heavy atom. The highest BCUT2D eigenvalue weighted by Gasteiger charge is 2.16. The summed E-state index contributed by atoms with van der Waals surface area (Å²) in [6, 6.07) is 25.8. The molecule has 154 valence electrons. The maximum absolute atomic E-state index is 13.4. The van der Waals surface area contributed by atoms with Crippen LogP contribution in [0.1, 0.15) is 11.4 Å². The molecule has 0 spiro atoms. The smallest absolute Gasteiger partial charge is 0.266 e. The second kappa shape index (κ2) is 8.45. The van der Waals surface area contributed by atoms with Crippen LogP contribution >= 0.6 is 11.8 Å². The molecule has 0 aliphatic rings. The Kier molecular flexibility index (Phi) is 5.19. The minimum absolute atomic E-state index is 0.176. The first-order chi connectivity index (χ1) is 15.7. The molecule has 0 atom stereocenters. The van der Waals surface area contributed by atoms with Crippen molar-refractivity contribution in [2.75, 3.05) is 0 Å². The number of thioether (sulfide) groups is 1. The molecule has 8 nitrogen and oxygen atoms in total. The van der Waals surface area contributed by atoms with Crippen molar-refractivity contribution < 1.29 is 0 Å². The van der Waals surface area contributed by atoms with Crippen LogP contribution in [0.3, 0.4) is 0 Å². The Balaban J connectivity index is 1.57. The average Bonchev–Trinajstić information content (AvgIpc) is 3.32. The average molecular weight is 437 g/mol. The summed E-state index contributed by atoms with van der Waals surface area (Å²) in [5, 5.41) is 22.2. The number of rotatable bonds is 5. The first-order valence-electron chi connectivity index (χ1n) is 9.72. The summed E-state index contributed by atoms with van der Waals surface area (Å²) >= 11 is 1.37. The van der Waals surface area contributed by atoms with E-state index in [1.807, 2.05) is 48.5 Å². The van der Waals surface area contributed by atoms with Crippen molar-refractivity contribution in [2.24, 2.45) is 0 Å². The zero-order valence-electron chi connectivity index (χ0n) is 16.7. The van der Waals surface area contributed by atoms with E-state index in [4.69, 9.17) is 10.2 Å². The quantitative estimate of drug-likeness (QED) is 0.306. The molecule has 0 N–H and O–H groups in total. The van der Waals surface area contributed by atoms with E-state index in [1.165, 1.54) is 11.8 Å². The molecule has 5 rings (SSSR count). The predicted molar refractivity (Wildman–Crippen MR) is 121 cm³/mol. The van der Waals surface area contributed by atoms with E-state index in [1.54, 1.807) is 39.6 Å². The highest BCUT2D eigenvalue weighted by Crippen LogP contribution is 2.24. The lowest BCUT2D eigenvalue weighted by molar-refractivity contribution is 0.776. The van der Waals surface area contributed by atoms with Crippen molar-refractivity contribution >= 4 is 22.7 Å². The fourth-order valence-corrected chi connectivity index (χ4v) is 4.24. The van der Waals surface area contributed by atoms with E-state index in [-0.39, 0.29) is 5.56 Å². The minimum atomic E-state index is -0.176. The Morgan fingerprint density at radius 2 is 1.66 bits per heavy atom. The maximum Gasteiger partial charge on any atom is 0.266 e. The molecule has 0 aliphatic carbocycles. The number of benzene rings is 3. The van der Waals surface area contributed by atoms with E-state index in [0.29, 0.717) is 38.9 Å². The monoisotopic (exact) mass is 437 g/mol. The molecule has 0 bridgehead atoms. The topological polar surface area (TPSA) is 102 Å². The van der Waals surface area contributed by atoms with Gasteiger partial charge < -0.3 is 0 Å². The van der Waals surface area contributed by atoms with E-state index in [9.17, 15) is 4.79 Å². The predicted octanol–water partition coefficient (Wildman–Crippen LogP) is 3.53. The van der Waals surface area contributed by atoms with Crippen molar-refractivity contribution in [1.29, 1.82) is 5.26 Å². The third kappa shape index (κ3) is 3.64. The summed E-state index contributed by atoms with van der Waals surface area (Å²) in [4.78, 5) is 18.1. The Labute approximate surface area is 186 Å². The lowest BCUT2D eigenvalue weighted by Gasteiger charge is -2.13. The Bertz CT molecular complexity index is 1500. The van der Waals surface area contributed by atoms with Crippen molar-refractivity contribution in [1.82, 2.24) is 29.8 Å². The van der Waals surface area contributed by atoms with E-state index in [0.717, 1.165) is 5.69 Å². The van der Waals surface area contributed by atoms with Crippen LogP contribution in [0.5, 0.6) is 0 Å². The SMILES string of the molecule is N#Cc1ccc(-n2c(SCc3nnnn3-c3ccccc3)nc3ccccc3c2=O)cc1. The number of nitrogens with zero attached hydrogens (tertiary/aromatic N) is 7. The third-order valence-electron chi connectivity index (χ3n) is 4.86. The van der Waals surface area contributed by atoms with Crippen LogP contribution in [-0.2, 0) is 5.75 Å². The van der Waals surface area contributed by atoms with Crippen LogP contribution in [0.25, 0.3) is 22.3 Å². The molecule has 32 heavy (non-hydrogen) atoms. The van der Waals surface area contributed by atoms with Gasteiger partial charge in [-0.2, -0.15) is 9.94 Å². The minimum Gasteiger partial charge on any atom is -0.268 e. The van der Waals surface area contributed by atoms with Gasteiger partial charge in [0.05, 0.1) is 39.7 Å². The van der Waals surface area contributed by atoms with Gasteiger partial charge in [0.1, 0.15) is 0 Å². The molecule has 9 heteroatoms. The van der Waals surface area contributed by atoms with Crippen LogP contribution in [0, 0.1) is 11.3 Å². The molecule has 0 saturated heterocycles. The molecular weight excluding hydrogens is 422 g/mol. The fourth-order valence-electron chi connectivity index (χ4n) is 3.32. The van der Waals surface area contributed by atoms with Gasteiger partial charge in [0.15, 0.2) is 11.0 Å². The standard InChI is InChI=1S/C23H15N7OS/c24-14-16-10-12-17(13-11-16)29-22(31)19-8-4-5-9-20(19)25-23(29)32-15-21-26-27-28-30(21)18-6-2-1-3-7-18/h1-13H,15H2. The summed E-state index contributed by atoms with van der Waals surface area (Å²) in [5.41, 5.74) is 2.45. The number of aromatic nitrogens is 6. The van der Waals surface area contributed by atoms with Gasteiger partial charge in [0, 0.05) is 0 Å². The van der Waals surface area contributed by atoms with Crippen LogP contribution in [0.2, 0.25) is 0 Å².